The molecule has 2 aromatic rings. The van der Waals surface area contributed by atoms with Crippen molar-refractivity contribution in [3.8, 4) is 11.8 Å². The van der Waals surface area contributed by atoms with Crippen LogP contribution < -0.4 is 9.64 Å². The number of nitriles is 1. The molecule has 2 heterocycles. The lowest BCUT2D eigenvalue weighted by Gasteiger charge is -2.37. The molecule has 0 amide bonds. The number of halogens is 2. The van der Waals surface area contributed by atoms with E-state index in [0.717, 1.165) is 0 Å². The lowest BCUT2D eigenvalue weighted by Crippen LogP contribution is -2.45. The van der Waals surface area contributed by atoms with Crippen LogP contribution in [0.5, 0.6) is 5.75 Å². The van der Waals surface area contributed by atoms with Crippen molar-refractivity contribution in [3.63, 3.8) is 0 Å². The number of nitrogens with zero attached hydrogens (tertiary/aromatic N) is 3. The molecule has 1 aromatic carbocycles. The first kappa shape index (κ1) is 17.4. The number of hydrogen-bond donors (Lipinski definition) is 0. The lowest BCUT2D eigenvalue weighted by atomic mass is 10.0. The van der Waals surface area contributed by atoms with Crippen LogP contribution in [-0.4, -0.2) is 37.4 Å². The third kappa shape index (κ3) is 3.64. The van der Waals surface area contributed by atoms with Gasteiger partial charge in [0.1, 0.15) is 11.8 Å². The first-order valence-electron chi connectivity index (χ1n) is 8.14. The molecule has 3 rings (SSSR count). The van der Waals surface area contributed by atoms with E-state index in [0.29, 0.717) is 47.8 Å². The van der Waals surface area contributed by atoms with Crippen LogP contribution in [0.4, 0.5) is 14.5 Å². The average molecular weight is 347 g/mol. The van der Waals surface area contributed by atoms with Gasteiger partial charge in [0.15, 0.2) is 0 Å². The Hall–Kier alpha value is -2.46. The van der Waals surface area contributed by atoms with Gasteiger partial charge in [-0.2, -0.15) is 14.0 Å². The van der Waals surface area contributed by atoms with E-state index in [1.807, 2.05) is 0 Å². The van der Waals surface area contributed by atoms with Crippen LogP contribution in [0.2, 0.25) is 0 Å². The molecular formula is C18H19F2N3O2. The zero-order valence-electron chi connectivity index (χ0n) is 14.1. The standard InChI is InChI=1S/C18H19F2N3O2/c1-11(2)16-10-23(5-6-24-16)17-12(8-21)9-22-15-4-3-13(7-14(15)17)25-18(19)20/h3-4,7,9,11,16,18H,5-6,10H2,1-2H3. The number of morpholine rings is 1. The third-order valence-corrected chi connectivity index (χ3v) is 4.31. The zero-order chi connectivity index (χ0) is 18.0. The topological polar surface area (TPSA) is 58.4 Å². The summed E-state index contributed by atoms with van der Waals surface area (Å²) in [4.78, 5) is 6.33. The molecule has 1 unspecified atom stereocenters. The van der Waals surface area contributed by atoms with Gasteiger partial charge in [-0.25, -0.2) is 0 Å². The van der Waals surface area contributed by atoms with E-state index < -0.39 is 6.61 Å². The molecule has 0 aliphatic carbocycles. The van der Waals surface area contributed by atoms with Crippen LogP contribution in [0.15, 0.2) is 24.4 Å². The van der Waals surface area contributed by atoms with Crippen LogP contribution in [0.1, 0.15) is 19.4 Å². The molecule has 7 heteroatoms. The highest BCUT2D eigenvalue weighted by atomic mass is 19.3. The number of pyridine rings is 1. The number of anilines is 1. The fourth-order valence-electron chi connectivity index (χ4n) is 3.04. The van der Waals surface area contributed by atoms with E-state index in [-0.39, 0.29) is 11.9 Å². The minimum atomic E-state index is -2.90. The van der Waals surface area contributed by atoms with E-state index in [1.54, 1.807) is 6.07 Å². The van der Waals surface area contributed by atoms with Crippen LogP contribution in [-0.2, 0) is 4.74 Å². The summed E-state index contributed by atoms with van der Waals surface area (Å²) >= 11 is 0. The molecular weight excluding hydrogens is 328 g/mol. The molecule has 1 atom stereocenters. The Kier molecular flexibility index (Phi) is 5.00. The molecule has 1 saturated heterocycles. The Morgan fingerprint density at radius 3 is 2.88 bits per heavy atom. The van der Waals surface area contributed by atoms with Crippen molar-refractivity contribution in [3.05, 3.63) is 30.0 Å². The van der Waals surface area contributed by atoms with E-state index >= 15 is 0 Å². The highest BCUT2D eigenvalue weighted by Gasteiger charge is 2.26. The minimum absolute atomic E-state index is 0.0454. The van der Waals surface area contributed by atoms with Gasteiger partial charge in [0.05, 0.1) is 29.5 Å². The second-order valence-electron chi connectivity index (χ2n) is 6.29. The summed E-state index contributed by atoms with van der Waals surface area (Å²) in [5, 5.41) is 10.1. The molecule has 0 N–H and O–H groups in total. The number of ether oxygens (including phenoxy) is 2. The largest absolute Gasteiger partial charge is 0.435 e. The van der Waals surface area contributed by atoms with Crippen LogP contribution in [0, 0.1) is 17.2 Å². The van der Waals surface area contributed by atoms with E-state index in [1.165, 1.54) is 18.3 Å². The van der Waals surface area contributed by atoms with E-state index in [4.69, 9.17) is 4.74 Å². The van der Waals surface area contributed by atoms with Gasteiger partial charge < -0.3 is 14.4 Å². The number of fused-ring (bicyclic) bond motifs is 1. The molecule has 0 spiro atoms. The Bertz CT molecular complexity index is 805. The molecule has 0 saturated carbocycles. The van der Waals surface area contributed by atoms with Crippen LogP contribution >= 0.6 is 0 Å². The minimum Gasteiger partial charge on any atom is -0.435 e. The van der Waals surface area contributed by atoms with Crippen molar-refractivity contribution in [1.29, 1.82) is 5.26 Å². The molecule has 5 nitrogen and oxygen atoms in total. The van der Waals surface area contributed by atoms with Crippen molar-refractivity contribution in [1.82, 2.24) is 4.98 Å². The maximum absolute atomic E-state index is 12.5. The molecule has 0 radical (unpaired) electrons. The molecule has 0 bridgehead atoms. The molecule has 132 valence electrons. The van der Waals surface area contributed by atoms with Gasteiger partial charge in [0.25, 0.3) is 0 Å². The van der Waals surface area contributed by atoms with Crippen molar-refractivity contribution in [2.75, 3.05) is 24.6 Å². The first-order chi connectivity index (χ1) is 12.0. The quantitative estimate of drug-likeness (QED) is 0.846. The summed E-state index contributed by atoms with van der Waals surface area (Å²) < 4.78 is 35.4. The van der Waals surface area contributed by atoms with E-state index in [9.17, 15) is 14.0 Å². The highest BCUT2D eigenvalue weighted by Crippen LogP contribution is 2.34. The molecule has 1 aliphatic heterocycles. The van der Waals surface area contributed by atoms with Crippen molar-refractivity contribution < 1.29 is 18.3 Å². The second kappa shape index (κ2) is 7.19. The zero-order valence-corrected chi connectivity index (χ0v) is 14.1. The van der Waals surface area contributed by atoms with Crippen LogP contribution in [0.25, 0.3) is 10.9 Å². The second-order valence-corrected chi connectivity index (χ2v) is 6.29. The number of alkyl halides is 2. The van der Waals surface area contributed by atoms with Gasteiger partial charge in [0.2, 0.25) is 0 Å². The highest BCUT2D eigenvalue weighted by molar-refractivity contribution is 5.95. The molecule has 1 fully saturated rings. The summed E-state index contributed by atoms with van der Waals surface area (Å²) in [6.07, 6.45) is 1.56. The number of aromatic nitrogens is 1. The summed E-state index contributed by atoms with van der Waals surface area (Å²) in [7, 11) is 0. The summed E-state index contributed by atoms with van der Waals surface area (Å²) in [5.41, 5.74) is 1.73. The number of rotatable bonds is 4. The molecule has 1 aliphatic rings. The van der Waals surface area contributed by atoms with Gasteiger partial charge in [-0.15, -0.1) is 0 Å². The number of hydrogen-bond acceptors (Lipinski definition) is 5. The van der Waals surface area contributed by atoms with Crippen LogP contribution in [0.3, 0.4) is 0 Å². The summed E-state index contributed by atoms with van der Waals surface area (Å²) in [6, 6.07) is 6.75. The Balaban J connectivity index is 2.09. The predicted octanol–water partition coefficient (Wildman–Crippen LogP) is 3.57. The van der Waals surface area contributed by atoms with Gasteiger partial charge in [-0.05, 0) is 24.1 Å². The molecule has 25 heavy (non-hydrogen) atoms. The normalized spacial score (nSPS) is 18.0. The summed E-state index contributed by atoms with van der Waals surface area (Å²) in [5.74, 6) is 0.383. The summed E-state index contributed by atoms with van der Waals surface area (Å²) in [6.45, 7) is 3.06. The van der Waals surface area contributed by atoms with Crippen molar-refractivity contribution in [2.45, 2.75) is 26.6 Å². The molecule has 1 aromatic heterocycles. The SMILES string of the molecule is CC(C)C1CN(c2c(C#N)cnc3ccc(OC(F)F)cc23)CCO1. The third-order valence-electron chi connectivity index (χ3n) is 4.31. The Morgan fingerprint density at radius 2 is 2.20 bits per heavy atom. The van der Waals surface area contributed by atoms with Gasteiger partial charge >= 0.3 is 6.61 Å². The average Bonchev–Trinajstić information content (AvgIpc) is 2.60. The predicted molar refractivity (Wildman–Crippen MR) is 89.9 cm³/mol. The first-order valence-corrected chi connectivity index (χ1v) is 8.14. The fourth-order valence-corrected chi connectivity index (χ4v) is 3.04. The lowest BCUT2D eigenvalue weighted by molar-refractivity contribution is -0.0497. The smallest absolute Gasteiger partial charge is 0.387 e. The maximum atomic E-state index is 12.5. The maximum Gasteiger partial charge on any atom is 0.387 e. The Morgan fingerprint density at radius 1 is 1.40 bits per heavy atom. The van der Waals surface area contributed by atoms with Gasteiger partial charge in [-0.1, -0.05) is 13.8 Å². The van der Waals surface area contributed by atoms with E-state index in [2.05, 4.69) is 34.5 Å². The van der Waals surface area contributed by atoms with Crippen molar-refractivity contribution in [2.24, 2.45) is 5.92 Å². The fraction of sp³-hybridized carbons (Fsp3) is 0.444. The number of benzene rings is 1. The monoisotopic (exact) mass is 347 g/mol. The Labute approximate surface area is 144 Å². The van der Waals surface area contributed by atoms with Gasteiger partial charge in [0, 0.05) is 24.7 Å². The van der Waals surface area contributed by atoms with Gasteiger partial charge in [-0.3, -0.25) is 4.98 Å². The van der Waals surface area contributed by atoms with Crippen molar-refractivity contribution >= 4 is 16.6 Å².